The van der Waals surface area contributed by atoms with Gasteiger partial charge in [0.25, 0.3) is 11.8 Å². The summed E-state index contributed by atoms with van der Waals surface area (Å²) in [6.45, 7) is 0.754. The second-order valence-corrected chi connectivity index (χ2v) is 7.62. The smallest absolute Gasteiger partial charge is 0.267 e. The largest absolute Gasteiger partial charge is 0.339 e. The van der Waals surface area contributed by atoms with E-state index < -0.39 is 17.9 Å². The number of hydrogen-bond acceptors (Lipinski definition) is 5. The molecule has 2 aromatic carbocycles. The quantitative estimate of drug-likeness (QED) is 0.259. The standard InChI is InChI=1S/C24H28N4O3.CH4/c25-15-22(24(30)28-31)27-23(29)20-13-11-18(12-14-20)6-5-17-7-9-19(10-8-17)16-26-21-3-1-2-4-21;/h7-14,21-22,26,31H,1-4,15-16,25H2,(H,27,29)(H,28,30);1H4/t22-;/m0./s1. The summed E-state index contributed by atoms with van der Waals surface area (Å²) in [5.41, 5.74) is 10.2. The first-order valence-corrected chi connectivity index (χ1v) is 10.5. The molecule has 2 amide bonds. The molecular weight excluding hydrogens is 404 g/mol. The molecule has 3 rings (SSSR count). The highest BCUT2D eigenvalue weighted by Gasteiger charge is 2.19. The monoisotopic (exact) mass is 436 g/mol. The highest BCUT2D eigenvalue weighted by molar-refractivity contribution is 5.97. The second kappa shape index (κ2) is 12.6. The van der Waals surface area contributed by atoms with E-state index in [9.17, 15) is 9.59 Å². The number of nitrogens with two attached hydrogens (primary N) is 1. The average molecular weight is 437 g/mol. The second-order valence-electron chi connectivity index (χ2n) is 7.62. The summed E-state index contributed by atoms with van der Waals surface area (Å²) in [4.78, 5) is 23.6. The van der Waals surface area contributed by atoms with Crippen LogP contribution in [0.1, 0.15) is 60.2 Å². The molecule has 0 radical (unpaired) electrons. The number of carbonyl (C=O) groups is 2. The molecule has 0 unspecified atom stereocenters. The van der Waals surface area contributed by atoms with Gasteiger partial charge in [-0.1, -0.05) is 44.2 Å². The lowest BCUT2D eigenvalue weighted by atomic mass is 10.1. The van der Waals surface area contributed by atoms with Gasteiger partial charge in [-0.05, 0) is 54.8 Å². The molecule has 2 aromatic rings. The highest BCUT2D eigenvalue weighted by Crippen LogP contribution is 2.18. The first-order chi connectivity index (χ1) is 15.1. The van der Waals surface area contributed by atoms with E-state index in [1.54, 1.807) is 24.3 Å². The van der Waals surface area contributed by atoms with Crippen molar-refractivity contribution in [3.8, 4) is 11.8 Å². The fourth-order valence-corrected chi connectivity index (χ4v) is 3.50. The molecule has 1 atom stereocenters. The topological polar surface area (TPSA) is 116 Å². The van der Waals surface area contributed by atoms with Crippen molar-refractivity contribution in [2.45, 2.75) is 51.7 Å². The predicted molar refractivity (Wildman–Crippen MR) is 125 cm³/mol. The van der Waals surface area contributed by atoms with Crippen LogP contribution in [0.2, 0.25) is 0 Å². The number of amides is 2. The minimum atomic E-state index is -1.01. The average Bonchev–Trinajstić information content (AvgIpc) is 3.34. The van der Waals surface area contributed by atoms with Crippen LogP contribution >= 0.6 is 0 Å². The van der Waals surface area contributed by atoms with Gasteiger partial charge in [0, 0.05) is 35.8 Å². The summed E-state index contributed by atoms with van der Waals surface area (Å²) in [5.74, 6) is 4.99. The number of rotatable bonds is 7. The molecule has 1 saturated carbocycles. The van der Waals surface area contributed by atoms with Crippen LogP contribution in [0.5, 0.6) is 0 Å². The lowest BCUT2D eigenvalue weighted by Gasteiger charge is -2.14. The molecule has 1 fully saturated rings. The maximum absolute atomic E-state index is 12.2. The highest BCUT2D eigenvalue weighted by atomic mass is 16.5. The summed E-state index contributed by atoms with van der Waals surface area (Å²) >= 11 is 0. The molecular formula is C25H32N4O3. The first kappa shape index (κ1) is 25.1. The molecule has 0 bridgehead atoms. The molecule has 170 valence electrons. The molecule has 1 aliphatic rings. The maximum atomic E-state index is 12.2. The van der Waals surface area contributed by atoms with Gasteiger partial charge in [-0.25, -0.2) is 5.48 Å². The Hall–Kier alpha value is -3.18. The Morgan fingerprint density at radius 1 is 1.00 bits per heavy atom. The van der Waals surface area contributed by atoms with E-state index in [1.807, 2.05) is 12.1 Å². The lowest BCUT2D eigenvalue weighted by molar-refractivity contribution is -0.130. The molecule has 0 heterocycles. The van der Waals surface area contributed by atoms with Crippen molar-refractivity contribution in [2.75, 3.05) is 6.54 Å². The Kier molecular flexibility index (Phi) is 9.89. The van der Waals surface area contributed by atoms with Crippen LogP contribution in [0.4, 0.5) is 0 Å². The van der Waals surface area contributed by atoms with Gasteiger partial charge >= 0.3 is 0 Å². The SMILES string of the molecule is C.NC[C@H](NC(=O)c1ccc(C#Cc2ccc(CNC3CCCC3)cc2)cc1)C(=O)NO. The number of nitrogens with one attached hydrogen (secondary N) is 3. The third-order valence-corrected chi connectivity index (χ3v) is 5.37. The fraction of sp³-hybridized carbons (Fsp3) is 0.360. The van der Waals surface area contributed by atoms with E-state index in [1.165, 1.54) is 36.7 Å². The molecule has 0 spiro atoms. The Morgan fingerprint density at radius 3 is 2.09 bits per heavy atom. The molecule has 0 aromatic heterocycles. The van der Waals surface area contributed by atoms with Crippen LogP contribution < -0.4 is 21.8 Å². The fourth-order valence-electron chi connectivity index (χ4n) is 3.50. The number of hydroxylamine groups is 1. The molecule has 32 heavy (non-hydrogen) atoms. The summed E-state index contributed by atoms with van der Waals surface area (Å²) in [6.07, 6.45) is 5.20. The zero-order valence-electron chi connectivity index (χ0n) is 17.4. The third-order valence-electron chi connectivity index (χ3n) is 5.37. The van der Waals surface area contributed by atoms with Crippen LogP contribution in [0.25, 0.3) is 0 Å². The van der Waals surface area contributed by atoms with Gasteiger partial charge in [-0.3, -0.25) is 14.8 Å². The summed E-state index contributed by atoms with van der Waals surface area (Å²) in [5, 5.41) is 14.7. The van der Waals surface area contributed by atoms with Gasteiger partial charge < -0.3 is 16.4 Å². The lowest BCUT2D eigenvalue weighted by Crippen LogP contribution is -2.50. The van der Waals surface area contributed by atoms with Crippen molar-refractivity contribution >= 4 is 11.8 Å². The summed E-state index contributed by atoms with van der Waals surface area (Å²) in [6, 6.07) is 14.6. The molecule has 6 N–H and O–H groups in total. The van der Waals surface area contributed by atoms with Gasteiger partial charge in [0.1, 0.15) is 6.04 Å². The van der Waals surface area contributed by atoms with Gasteiger partial charge in [0.05, 0.1) is 0 Å². The molecule has 1 aliphatic carbocycles. The Balaban J connectivity index is 0.00000363. The van der Waals surface area contributed by atoms with Crippen molar-refractivity contribution in [1.82, 2.24) is 16.1 Å². The minimum Gasteiger partial charge on any atom is -0.339 e. The van der Waals surface area contributed by atoms with Gasteiger partial charge in [0.2, 0.25) is 0 Å². The van der Waals surface area contributed by atoms with Crippen LogP contribution in [0.15, 0.2) is 48.5 Å². The number of benzene rings is 2. The van der Waals surface area contributed by atoms with E-state index in [4.69, 9.17) is 10.9 Å². The molecule has 7 nitrogen and oxygen atoms in total. The minimum absolute atomic E-state index is 0. The van der Waals surface area contributed by atoms with Crippen LogP contribution in [-0.4, -0.2) is 35.7 Å². The van der Waals surface area contributed by atoms with Gasteiger partial charge in [-0.15, -0.1) is 0 Å². The van der Waals surface area contributed by atoms with E-state index in [2.05, 4.69) is 34.6 Å². The van der Waals surface area contributed by atoms with Crippen molar-refractivity contribution in [3.05, 3.63) is 70.8 Å². The van der Waals surface area contributed by atoms with Crippen molar-refractivity contribution in [3.63, 3.8) is 0 Å². The Bertz CT molecular complexity index is 940. The zero-order chi connectivity index (χ0) is 22.1. The normalized spacial score (nSPS) is 13.9. The Morgan fingerprint density at radius 2 is 1.56 bits per heavy atom. The molecule has 0 aliphatic heterocycles. The summed E-state index contributed by atoms with van der Waals surface area (Å²) in [7, 11) is 0. The first-order valence-electron chi connectivity index (χ1n) is 10.5. The van der Waals surface area contributed by atoms with E-state index in [0.717, 1.165) is 17.7 Å². The molecule has 7 heteroatoms. The third kappa shape index (κ3) is 7.20. The van der Waals surface area contributed by atoms with Gasteiger partial charge in [0.15, 0.2) is 0 Å². The van der Waals surface area contributed by atoms with Crippen LogP contribution in [0.3, 0.4) is 0 Å². The zero-order valence-corrected chi connectivity index (χ0v) is 17.4. The summed E-state index contributed by atoms with van der Waals surface area (Å²) < 4.78 is 0. The Labute approximate surface area is 189 Å². The van der Waals surface area contributed by atoms with E-state index in [0.29, 0.717) is 11.6 Å². The van der Waals surface area contributed by atoms with E-state index >= 15 is 0 Å². The van der Waals surface area contributed by atoms with Crippen LogP contribution in [0, 0.1) is 11.8 Å². The predicted octanol–water partition coefficient (Wildman–Crippen LogP) is 2.32. The van der Waals surface area contributed by atoms with E-state index in [-0.39, 0.29) is 14.0 Å². The number of hydrogen-bond donors (Lipinski definition) is 5. The molecule has 0 saturated heterocycles. The van der Waals surface area contributed by atoms with Crippen molar-refractivity contribution in [1.29, 1.82) is 0 Å². The number of carbonyl (C=O) groups excluding carboxylic acids is 2. The van der Waals surface area contributed by atoms with Crippen LogP contribution in [-0.2, 0) is 11.3 Å². The van der Waals surface area contributed by atoms with Gasteiger partial charge in [-0.2, -0.15) is 0 Å². The maximum Gasteiger partial charge on any atom is 0.267 e. The van der Waals surface area contributed by atoms with Crippen molar-refractivity contribution < 1.29 is 14.8 Å². The van der Waals surface area contributed by atoms with Crippen molar-refractivity contribution in [2.24, 2.45) is 5.73 Å².